The monoisotopic (exact) mass is 278 g/mol. The molecule has 102 valence electrons. The van der Waals surface area contributed by atoms with Crippen LogP contribution in [0.2, 0.25) is 5.02 Å². The van der Waals surface area contributed by atoms with Crippen LogP contribution in [-0.4, -0.2) is 23.6 Å². The Balaban J connectivity index is 2.25. The summed E-state index contributed by atoms with van der Waals surface area (Å²) in [6.07, 6.45) is 5.85. The third-order valence-corrected chi connectivity index (χ3v) is 4.16. The molecule has 1 heterocycles. The molecular weight excluding hydrogens is 260 g/mol. The topological polar surface area (TPSA) is 65.9 Å². The quantitative estimate of drug-likeness (QED) is 0.923. The second kappa shape index (κ2) is 6.23. The Bertz CT molecular complexity index is 475. The largest absolute Gasteiger partial charge is 0.353 e. The number of aromatic nitrogens is 1. The first kappa shape index (κ1) is 14.1. The maximum absolute atomic E-state index is 9.05. The Morgan fingerprint density at radius 3 is 2.74 bits per heavy atom. The number of hydrogen-bond donors (Lipinski definition) is 1. The molecule has 1 aliphatic rings. The van der Waals surface area contributed by atoms with Gasteiger partial charge in [-0.15, -0.1) is 0 Å². The summed E-state index contributed by atoms with van der Waals surface area (Å²) in [6, 6.07) is 4.50. The lowest BCUT2D eigenvalue weighted by Crippen LogP contribution is -2.41. The van der Waals surface area contributed by atoms with Gasteiger partial charge in [0.1, 0.15) is 16.9 Å². The van der Waals surface area contributed by atoms with Crippen molar-refractivity contribution in [2.45, 2.75) is 44.7 Å². The lowest BCUT2D eigenvalue weighted by atomic mass is 9.90. The summed E-state index contributed by atoms with van der Waals surface area (Å²) in [6.45, 7) is 2.92. The van der Waals surface area contributed by atoms with E-state index in [9.17, 15) is 0 Å². The molecule has 0 bridgehead atoms. The Kier molecular flexibility index (Phi) is 4.62. The van der Waals surface area contributed by atoms with E-state index >= 15 is 0 Å². The molecule has 4 nitrogen and oxygen atoms in total. The third-order valence-electron chi connectivity index (χ3n) is 3.79. The van der Waals surface area contributed by atoms with Crippen LogP contribution in [0.15, 0.2) is 12.3 Å². The summed E-state index contributed by atoms with van der Waals surface area (Å²) >= 11 is 6.28. The molecule has 0 spiro atoms. The van der Waals surface area contributed by atoms with Gasteiger partial charge in [0.25, 0.3) is 0 Å². The molecule has 5 heteroatoms. The summed E-state index contributed by atoms with van der Waals surface area (Å²) < 4.78 is 0. The molecule has 1 aromatic rings. The lowest BCUT2D eigenvalue weighted by Gasteiger charge is -2.36. The second-order valence-electron chi connectivity index (χ2n) is 4.96. The van der Waals surface area contributed by atoms with Crippen molar-refractivity contribution in [3.63, 3.8) is 0 Å². The van der Waals surface area contributed by atoms with Crippen LogP contribution in [0.5, 0.6) is 0 Å². The Hall–Kier alpha value is -1.31. The summed E-state index contributed by atoms with van der Waals surface area (Å²) in [7, 11) is 0. The van der Waals surface area contributed by atoms with Gasteiger partial charge in [-0.3, -0.25) is 0 Å². The minimum Gasteiger partial charge on any atom is -0.353 e. The highest BCUT2D eigenvalue weighted by atomic mass is 35.5. The fourth-order valence-electron chi connectivity index (χ4n) is 2.71. The van der Waals surface area contributed by atoms with E-state index in [4.69, 9.17) is 22.6 Å². The molecule has 19 heavy (non-hydrogen) atoms. The van der Waals surface area contributed by atoms with Crippen molar-refractivity contribution < 1.29 is 0 Å². The van der Waals surface area contributed by atoms with E-state index in [1.807, 2.05) is 0 Å². The fraction of sp³-hybridized carbons (Fsp3) is 0.571. The summed E-state index contributed by atoms with van der Waals surface area (Å²) in [4.78, 5) is 6.57. The predicted octanol–water partition coefficient (Wildman–Crippen LogP) is 2.70. The molecule has 0 amide bonds. The number of rotatable bonds is 3. The van der Waals surface area contributed by atoms with Crippen molar-refractivity contribution in [1.29, 1.82) is 5.26 Å². The average molecular weight is 279 g/mol. The highest BCUT2D eigenvalue weighted by Crippen LogP contribution is 2.31. The predicted molar refractivity (Wildman–Crippen MR) is 77.2 cm³/mol. The minimum absolute atomic E-state index is 0.323. The maximum atomic E-state index is 9.05. The zero-order chi connectivity index (χ0) is 13.8. The molecule has 0 aromatic carbocycles. The van der Waals surface area contributed by atoms with Crippen molar-refractivity contribution >= 4 is 17.4 Å². The summed E-state index contributed by atoms with van der Waals surface area (Å²) in [5.74, 6) is 0.726. The standard InChI is InChI=1S/C14H19ClN4/c1-2-19(12-5-3-11(17)4-6-12)14-13(15)10(9-16)7-8-18-14/h7-8,11-12H,2-6,17H2,1H3. The van der Waals surface area contributed by atoms with Crippen LogP contribution >= 0.6 is 11.6 Å². The molecule has 0 radical (unpaired) electrons. The fourth-order valence-corrected chi connectivity index (χ4v) is 2.98. The summed E-state index contributed by atoms with van der Waals surface area (Å²) in [5, 5.41) is 9.51. The number of nitrogens with two attached hydrogens (primary N) is 1. The van der Waals surface area contributed by atoms with Gasteiger partial charge in [0.15, 0.2) is 0 Å². The van der Waals surface area contributed by atoms with Crippen LogP contribution in [0.3, 0.4) is 0 Å². The summed E-state index contributed by atoms with van der Waals surface area (Å²) in [5.41, 5.74) is 6.43. The first-order chi connectivity index (χ1) is 9.17. The number of nitriles is 1. The molecular formula is C14H19ClN4. The van der Waals surface area contributed by atoms with Crippen LogP contribution < -0.4 is 10.6 Å². The van der Waals surface area contributed by atoms with E-state index in [2.05, 4.69) is 22.9 Å². The van der Waals surface area contributed by atoms with E-state index < -0.39 is 0 Å². The van der Waals surface area contributed by atoms with Gasteiger partial charge in [0, 0.05) is 24.8 Å². The van der Waals surface area contributed by atoms with E-state index in [0.717, 1.165) is 38.0 Å². The van der Waals surface area contributed by atoms with Crippen molar-refractivity contribution in [1.82, 2.24) is 4.98 Å². The van der Waals surface area contributed by atoms with E-state index in [0.29, 0.717) is 22.7 Å². The molecule has 1 fully saturated rings. The van der Waals surface area contributed by atoms with Gasteiger partial charge in [0.05, 0.1) is 5.56 Å². The van der Waals surface area contributed by atoms with Gasteiger partial charge >= 0.3 is 0 Å². The van der Waals surface area contributed by atoms with Crippen LogP contribution in [0.1, 0.15) is 38.2 Å². The van der Waals surface area contributed by atoms with Crippen molar-refractivity contribution in [2.75, 3.05) is 11.4 Å². The zero-order valence-corrected chi connectivity index (χ0v) is 11.9. The van der Waals surface area contributed by atoms with Gasteiger partial charge in [0.2, 0.25) is 0 Å². The number of anilines is 1. The van der Waals surface area contributed by atoms with Crippen LogP contribution in [0.25, 0.3) is 0 Å². The SMILES string of the molecule is CCN(c1nccc(C#N)c1Cl)C1CCC(N)CC1. The molecule has 2 N–H and O–H groups in total. The molecule has 2 rings (SSSR count). The highest BCUT2D eigenvalue weighted by molar-refractivity contribution is 6.34. The molecule has 0 atom stereocenters. The van der Waals surface area contributed by atoms with Crippen molar-refractivity contribution in [3.8, 4) is 6.07 Å². The molecule has 1 saturated carbocycles. The van der Waals surface area contributed by atoms with Gasteiger partial charge in [-0.05, 0) is 38.7 Å². The Morgan fingerprint density at radius 1 is 1.47 bits per heavy atom. The first-order valence-corrected chi connectivity index (χ1v) is 7.12. The van der Waals surface area contributed by atoms with E-state index in [-0.39, 0.29) is 0 Å². The third kappa shape index (κ3) is 2.99. The van der Waals surface area contributed by atoms with Gasteiger partial charge < -0.3 is 10.6 Å². The van der Waals surface area contributed by atoms with Gasteiger partial charge in [-0.25, -0.2) is 4.98 Å². The van der Waals surface area contributed by atoms with Crippen LogP contribution in [0, 0.1) is 11.3 Å². The number of nitrogens with zero attached hydrogens (tertiary/aromatic N) is 3. The first-order valence-electron chi connectivity index (χ1n) is 6.74. The van der Waals surface area contributed by atoms with Gasteiger partial charge in [-0.1, -0.05) is 11.6 Å². The van der Waals surface area contributed by atoms with E-state index in [1.54, 1.807) is 12.3 Å². The number of pyridine rings is 1. The number of halogens is 1. The van der Waals surface area contributed by atoms with Crippen molar-refractivity contribution in [3.05, 3.63) is 22.8 Å². The van der Waals surface area contributed by atoms with Gasteiger partial charge in [-0.2, -0.15) is 5.26 Å². The Morgan fingerprint density at radius 2 is 2.16 bits per heavy atom. The zero-order valence-electron chi connectivity index (χ0n) is 11.1. The maximum Gasteiger partial charge on any atom is 0.148 e. The highest BCUT2D eigenvalue weighted by Gasteiger charge is 2.26. The second-order valence-corrected chi connectivity index (χ2v) is 5.34. The normalized spacial score (nSPS) is 22.8. The molecule has 0 saturated heterocycles. The van der Waals surface area contributed by atoms with Crippen LogP contribution in [0.4, 0.5) is 5.82 Å². The Labute approximate surface area is 119 Å². The number of hydrogen-bond acceptors (Lipinski definition) is 4. The molecule has 1 aliphatic carbocycles. The minimum atomic E-state index is 0.323. The van der Waals surface area contributed by atoms with Crippen LogP contribution in [-0.2, 0) is 0 Å². The van der Waals surface area contributed by atoms with Crippen molar-refractivity contribution in [2.24, 2.45) is 5.73 Å². The van der Waals surface area contributed by atoms with E-state index in [1.165, 1.54) is 0 Å². The molecule has 0 unspecified atom stereocenters. The smallest absolute Gasteiger partial charge is 0.148 e. The molecule has 0 aliphatic heterocycles. The molecule has 1 aromatic heterocycles. The lowest BCUT2D eigenvalue weighted by molar-refractivity contribution is 0.377. The average Bonchev–Trinajstić information content (AvgIpc) is 2.43.